The van der Waals surface area contributed by atoms with E-state index in [1.807, 2.05) is 0 Å². The Hall–Kier alpha value is -1.66. The molecule has 1 aromatic rings. The van der Waals surface area contributed by atoms with E-state index in [0.29, 0.717) is 0 Å². The summed E-state index contributed by atoms with van der Waals surface area (Å²) in [4.78, 5) is 29.6. The zero-order chi connectivity index (χ0) is 14.9. The van der Waals surface area contributed by atoms with Crippen molar-refractivity contribution < 1.29 is 14.0 Å². The average molecular weight is 318 g/mol. The number of halogens is 3. The first kappa shape index (κ1) is 14.7. The molecule has 2 rings (SSSR count). The fourth-order valence-electron chi connectivity index (χ4n) is 1.70. The van der Waals surface area contributed by atoms with Gasteiger partial charge in [0.05, 0.1) is 11.6 Å². The molecule has 1 unspecified atom stereocenters. The maximum absolute atomic E-state index is 13.8. The van der Waals surface area contributed by atoms with Gasteiger partial charge >= 0.3 is 6.03 Å². The Morgan fingerprint density at radius 3 is 2.60 bits per heavy atom. The number of carbonyl (C=O) groups is 2. The molecule has 5 nitrogen and oxygen atoms in total. The van der Waals surface area contributed by atoms with Gasteiger partial charge in [0, 0.05) is 7.05 Å². The Morgan fingerprint density at radius 1 is 1.35 bits per heavy atom. The Balaban J connectivity index is 2.53. The molecule has 1 aliphatic rings. The average Bonchev–Trinajstić information content (AvgIpc) is 2.64. The molecule has 0 radical (unpaired) electrons. The quantitative estimate of drug-likeness (QED) is 0.488. The number of amidine groups is 1. The summed E-state index contributed by atoms with van der Waals surface area (Å²) >= 11 is 11.3. The number of likely N-dealkylation sites (N-methyl/N-ethyl adjacent to an activating group) is 1. The first-order valence-corrected chi connectivity index (χ1v) is 6.59. The van der Waals surface area contributed by atoms with Gasteiger partial charge in [0.1, 0.15) is 11.3 Å². The highest BCUT2D eigenvalue weighted by atomic mass is 35.5. The van der Waals surface area contributed by atoms with E-state index in [2.05, 4.69) is 4.99 Å². The number of hydrogen-bond acceptors (Lipinski definition) is 3. The van der Waals surface area contributed by atoms with Crippen molar-refractivity contribution in [1.82, 2.24) is 4.90 Å². The van der Waals surface area contributed by atoms with Gasteiger partial charge in [0.15, 0.2) is 0 Å². The molecule has 0 N–H and O–H groups in total. The van der Waals surface area contributed by atoms with Crippen LogP contribution in [0, 0.1) is 5.82 Å². The number of imide groups is 1. The Bertz CT molecular complexity index is 594. The summed E-state index contributed by atoms with van der Waals surface area (Å²) in [5.74, 6) is -1.59. The van der Waals surface area contributed by atoms with Gasteiger partial charge in [0.2, 0.25) is 5.84 Å². The lowest BCUT2D eigenvalue weighted by Gasteiger charge is -2.16. The third-order valence-corrected chi connectivity index (χ3v) is 3.37. The largest absolute Gasteiger partial charge is 0.337 e. The van der Waals surface area contributed by atoms with E-state index in [1.165, 1.54) is 25.2 Å². The fourth-order valence-corrected chi connectivity index (χ4v) is 1.86. The minimum Gasteiger partial charge on any atom is -0.265 e. The highest BCUT2D eigenvalue weighted by molar-refractivity contribution is 6.55. The molecule has 3 amide bonds. The third-order valence-electron chi connectivity index (χ3n) is 2.67. The summed E-state index contributed by atoms with van der Waals surface area (Å²) < 4.78 is 13.8. The summed E-state index contributed by atoms with van der Waals surface area (Å²) in [5.41, 5.74) is -0.948. The molecule has 8 heteroatoms. The van der Waals surface area contributed by atoms with Crippen LogP contribution >= 0.6 is 23.2 Å². The molecule has 1 atom stereocenters. The van der Waals surface area contributed by atoms with Crippen molar-refractivity contribution in [2.45, 2.75) is 5.50 Å². The first-order chi connectivity index (χ1) is 9.47. The minimum absolute atomic E-state index is 0.0403. The summed E-state index contributed by atoms with van der Waals surface area (Å²) in [6, 6.07) is 4.88. The molecule has 0 aliphatic carbocycles. The molecule has 1 aromatic carbocycles. The smallest absolute Gasteiger partial charge is 0.265 e. The second kappa shape index (κ2) is 5.76. The van der Waals surface area contributed by atoms with Gasteiger partial charge in [0.25, 0.3) is 5.91 Å². The zero-order valence-corrected chi connectivity index (χ0v) is 11.9. The number of amides is 3. The second-order valence-corrected chi connectivity index (χ2v) is 4.79. The lowest BCUT2D eigenvalue weighted by molar-refractivity contribution is -0.119. The van der Waals surface area contributed by atoms with Crippen LogP contribution in [0.5, 0.6) is 0 Å². The highest BCUT2D eigenvalue weighted by Gasteiger charge is 2.42. The van der Waals surface area contributed by atoms with Gasteiger partial charge in [-0.05, 0) is 12.1 Å². The van der Waals surface area contributed by atoms with Gasteiger partial charge in [-0.25, -0.2) is 19.1 Å². The van der Waals surface area contributed by atoms with Gasteiger partial charge in [-0.2, -0.15) is 0 Å². The molecule has 1 saturated heterocycles. The van der Waals surface area contributed by atoms with Gasteiger partial charge in [-0.3, -0.25) is 9.69 Å². The summed E-state index contributed by atoms with van der Waals surface area (Å²) in [6.45, 7) is 0. The number of hydrogen-bond donors (Lipinski definition) is 0. The van der Waals surface area contributed by atoms with Crippen LogP contribution in [0.4, 0.5) is 14.9 Å². The Morgan fingerprint density at radius 2 is 2.00 bits per heavy atom. The van der Waals surface area contributed by atoms with Gasteiger partial charge in [-0.1, -0.05) is 23.7 Å². The molecule has 20 heavy (non-hydrogen) atoms. The molecule has 0 saturated carbocycles. The number of carbonyl (C=O) groups excluding carboxylic acids is 2. The third kappa shape index (κ3) is 2.48. The Kier molecular flexibility index (Phi) is 4.25. The van der Waals surface area contributed by atoms with Crippen molar-refractivity contribution in [3.8, 4) is 0 Å². The van der Waals surface area contributed by atoms with Crippen molar-refractivity contribution in [2.24, 2.45) is 4.99 Å². The van der Waals surface area contributed by atoms with Gasteiger partial charge < -0.3 is 0 Å². The predicted molar refractivity (Wildman–Crippen MR) is 74.8 cm³/mol. The summed E-state index contributed by atoms with van der Waals surface area (Å²) in [6.07, 6.45) is 0. The van der Waals surface area contributed by atoms with E-state index in [-0.39, 0.29) is 17.4 Å². The number of alkyl halides is 2. The zero-order valence-electron chi connectivity index (χ0n) is 10.4. The molecular formula is C12H10Cl2FN3O2. The molecule has 1 aliphatic heterocycles. The molecule has 1 fully saturated rings. The number of para-hydroxylation sites is 1. The predicted octanol–water partition coefficient (Wildman–Crippen LogP) is 2.43. The SMILES string of the molecule is CN1C(=O)C(=NC(Cl)CCl)N(c2ccccc2F)C1=O. The fraction of sp³-hybridized carbons (Fsp3) is 0.250. The minimum atomic E-state index is -0.885. The number of urea groups is 1. The van der Waals surface area contributed by atoms with Crippen LogP contribution in [0.25, 0.3) is 0 Å². The maximum atomic E-state index is 13.8. The second-order valence-electron chi connectivity index (χ2n) is 3.98. The first-order valence-electron chi connectivity index (χ1n) is 5.62. The molecule has 1 heterocycles. The van der Waals surface area contributed by atoms with E-state index in [0.717, 1.165) is 9.80 Å². The van der Waals surface area contributed by atoms with Gasteiger partial charge in [-0.15, -0.1) is 11.6 Å². The van der Waals surface area contributed by atoms with E-state index in [4.69, 9.17) is 23.2 Å². The summed E-state index contributed by atoms with van der Waals surface area (Å²) in [7, 11) is 1.28. The van der Waals surface area contributed by atoms with Crippen LogP contribution in [0.3, 0.4) is 0 Å². The van der Waals surface area contributed by atoms with Crippen LogP contribution in [-0.4, -0.2) is 41.1 Å². The standard InChI is InChI=1S/C12H10Cl2FN3O2/c1-17-11(19)10(16-9(14)6-13)18(12(17)20)8-5-3-2-4-7(8)15/h2-5,9H,6H2,1H3. The molecular weight excluding hydrogens is 308 g/mol. The van der Waals surface area contributed by atoms with Crippen molar-refractivity contribution >= 4 is 46.7 Å². The van der Waals surface area contributed by atoms with E-state index >= 15 is 0 Å². The van der Waals surface area contributed by atoms with Crippen LogP contribution in [0.2, 0.25) is 0 Å². The lowest BCUT2D eigenvalue weighted by atomic mass is 10.3. The lowest BCUT2D eigenvalue weighted by Crippen LogP contribution is -2.32. The molecule has 0 bridgehead atoms. The van der Waals surface area contributed by atoms with Crippen molar-refractivity contribution in [3.05, 3.63) is 30.1 Å². The van der Waals surface area contributed by atoms with E-state index in [9.17, 15) is 14.0 Å². The number of rotatable bonds is 3. The van der Waals surface area contributed by atoms with Crippen molar-refractivity contribution in [3.63, 3.8) is 0 Å². The number of nitrogens with zero attached hydrogens (tertiary/aromatic N) is 3. The van der Waals surface area contributed by atoms with Crippen LogP contribution in [0.15, 0.2) is 29.3 Å². The normalized spacial score (nSPS) is 19.1. The topological polar surface area (TPSA) is 53.0 Å². The highest BCUT2D eigenvalue weighted by Crippen LogP contribution is 2.25. The molecule has 0 aromatic heterocycles. The maximum Gasteiger partial charge on any atom is 0.337 e. The van der Waals surface area contributed by atoms with Crippen LogP contribution in [0.1, 0.15) is 0 Å². The number of aliphatic imine (C=N–C) groups is 1. The van der Waals surface area contributed by atoms with Crippen molar-refractivity contribution in [1.29, 1.82) is 0 Å². The number of anilines is 1. The van der Waals surface area contributed by atoms with E-state index < -0.39 is 23.3 Å². The number of benzene rings is 1. The molecule has 0 spiro atoms. The van der Waals surface area contributed by atoms with E-state index in [1.54, 1.807) is 6.07 Å². The van der Waals surface area contributed by atoms with Crippen molar-refractivity contribution in [2.75, 3.05) is 17.8 Å². The monoisotopic (exact) mass is 317 g/mol. The summed E-state index contributed by atoms with van der Waals surface area (Å²) in [5, 5.41) is 0. The van der Waals surface area contributed by atoms with Crippen LogP contribution < -0.4 is 4.90 Å². The van der Waals surface area contributed by atoms with Crippen LogP contribution in [-0.2, 0) is 4.79 Å². The molecule has 106 valence electrons. The Labute approximate surface area is 124 Å².